The Labute approximate surface area is 147 Å². The van der Waals surface area contributed by atoms with E-state index in [4.69, 9.17) is 4.74 Å². The van der Waals surface area contributed by atoms with Crippen LogP contribution in [0, 0.1) is 6.92 Å². The normalized spacial score (nSPS) is 12.0. The molecule has 4 heteroatoms. The number of hydrogen-bond acceptors (Lipinski definition) is 3. The standard InChI is InChI=1S/C21H22N2O2/c1-14(11-16-7-6-9-18(12-16)25-3)22-21(24)19-13-17-8-4-5-10-20(17)23-15(19)2/h4-10,12-14H,11H2,1-3H3,(H,22,24). The van der Waals surface area contributed by atoms with Crippen LogP contribution >= 0.6 is 0 Å². The molecule has 1 amide bonds. The second-order valence-electron chi connectivity index (χ2n) is 6.24. The lowest BCUT2D eigenvalue weighted by Gasteiger charge is -2.15. The van der Waals surface area contributed by atoms with Crippen molar-refractivity contribution in [2.24, 2.45) is 0 Å². The highest BCUT2D eigenvalue weighted by Gasteiger charge is 2.14. The van der Waals surface area contributed by atoms with Crippen molar-refractivity contribution in [2.45, 2.75) is 26.3 Å². The Morgan fingerprint density at radius 3 is 2.76 bits per heavy atom. The maximum Gasteiger partial charge on any atom is 0.253 e. The summed E-state index contributed by atoms with van der Waals surface area (Å²) in [5.74, 6) is 0.733. The van der Waals surface area contributed by atoms with Crippen molar-refractivity contribution < 1.29 is 9.53 Å². The molecule has 3 rings (SSSR count). The van der Waals surface area contributed by atoms with E-state index in [9.17, 15) is 4.79 Å². The van der Waals surface area contributed by atoms with Crippen molar-refractivity contribution in [1.29, 1.82) is 0 Å². The fourth-order valence-corrected chi connectivity index (χ4v) is 2.95. The molecular formula is C21H22N2O2. The molecule has 0 bridgehead atoms. The topological polar surface area (TPSA) is 51.2 Å². The number of hydrogen-bond donors (Lipinski definition) is 1. The largest absolute Gasteiger partial charge is 0.497 e. The first-order valence-corrected chi connectivity index (χ1v) is 8.37. The molecule has 0 saturated heterocycles. The Bertz CT molecular complexity index is 905. The fraction of sp³-hybridized carbons (Fsp3) is 0.238. The molecule has 0 spiro atoms. The van der Waals surface area contributed by atoms with Gasteiger partial charge in [0, 0.05) is 11.4 Å². The maximum atomic E-state index is 12.7. The number of para-hydroxylation sites is 1. The molecule has 1 atom stereocenters. The van der Waals surface area contributed by atoms with Gasteiger partial charge in [0.05, 0.1) is 23.9 Å². The number of aryl methyl sites for hydroxylation is 1. The predicted octanol–water partition coefficient (Wildman–Crippen LogP) is 3.91. The van der Waals surface area contributed by atoms with E-state index in [0.29, 0.717) is 5.56 Å². The molecule has 0 aliphatic carbocycles. The lowest BCUT2D eigenvalue weighted by atomic mass is 10.1. The first-order chi connectivity index (χ1) is 12.1. The Balaban J connectivity index is 1.74. The van der Waals surface area contributed by atoms with Crippen molar-refractivity contribution in [1.82, 2.24) is 10.3 Å². The molecule has 0 fully saturated rings. The molecule has 2 aromatic carbocycles. The molecule has 0 aliphatic rings. The Kier molecular flexibility index (Phi) is 4.98. The quantitative estimate of drug-likeness (QED) is 0.769. The zero-order valence-electron chi connectivity index (χ0n) is 14.7. The average Bonchev–Trinajstić information content (AvgIpc) is 2.61. The van der Waals surface area contributed by atoms with E-state index >= 15 is 0 Å². The van der Waals surface area contributed by atoms with Crippen LogP contribution in [0.2, 0.25) is 0 Å². The third kappa shape index (κ3) is 3.97. The second-order valence-corrected chi connectivity index (χ2v) is 6.24. The highest BCUT2D eigenvalue weighted by Crippen LogP contribution is 2.17. The van der Waals surface area contributed by atoms with Crippen LogP contribution in [-0.2, 0) is 6.42 Å². The zero-order chi connectivity index (χ0) is 17.8. The molecular weight excluding hydrogens is 312 g/mol. The van der Waals surface area contributed by atoms with E-state index in [1.165, 1.54) is 0 Å². The Morgan fingerprint density at radius 1 is 1.16 bits per heavy atom. The third-order valence-corrected chi connectivity index (χ3v) is 4.21. The van der Waals surface area contributed by atoms with E-state index < -0.39 is 0 Å². The summed E-state index contributed by atoms with van der Waals surface area (Å²) >= 11 is 0. The molecule has 1 aromatic heterocycles. The summed E-state index contributed by atoms with van der Waals surface area (Å²) in [5.41, 5.74) is 3.39. The summed E-state index contributed by atoms with van der Waals surface area (Å²) in [4.78, 5) is 17.2. The molecule has 1 N–H and O–H groups in total. The van der Waals surface area contributed by atoms with Crippen LogP contribution < -0.4 is 10.1 Å². The van der Waals surface area contributed by atoms with Gasteiger partial charge in [0.15, 0.2) is 0 Å². The lowest BCUT2D eigenvalue weighted by Crippen LogP contribution is -2.34. The number of ether oxygens (including phenoxy) is 1. The Morgan fingerprint density at radius 2 is 1.96 bits per heavy atom. The van der Waals surface area contributed by atoms with Crippen molar-refractivity contribution >= 4 is 16.8 Å². The minimum atomic E-state index is -0.0915. The van der Waals surface area contributed by atoms with Gasteiger partial charge in [-0.15, -0.1) is 0 Å². The molecule has 25 heavy (non-hydrogen) atoms. The van der Waals surface area contributed by atoms with Gasteiger partial charge < -0.3 is 10.1 Å². The average molecular weight is 334 g/mol. The molecule has 0 radical (unpaired) electrons. The van der Waals surface area contributed by atoms with E-state index in [-0.39, 0.29) is 11.9 Å². The van der Waals surface area contributed by atoms with Gasteiger partial charge in [-0.3, -0.25) is 9.78 Å². The minimum Gasteiger partial charge on any atom is -0.497 e. The molecule has 1 unspecified atom stereocenters. The van der Waals surface area contributed by atoms with Crippen LogP contribution in [0.15, 0.2) is 54.6 Å². The highest BCUT2D eigenvalue weighted by molar-refractivity contribution is 5.98. The lowest BCUT2D eigenvalue weighted by molar-refractivity contribution is 0.0939. The molecule has 4 nitrogen and oxygen atoms in total. The number of pyridine rings is 1. The van der Waals surface area contributed by atoms with E-state index in [2.05, 4.69) is 10.3 Å². The maximum absolute atomic E-state index is 12.7. The van der Waals surface area contributed by atoms with Gasteiger partial charge in [-0.1, -0.05) is 30.3 Å². The number of carbonyl (C=O) groups excluding carboxylic acids is 1. The van der Waals surface area contributed by atoms with Gasteiger partial charge in [0.2, 0.25) is 0 Å². The predicted molar refractivity (Wildman–Crippen MR) is 100 cm³/mol. The summed E-state index contributed by atoms with van der Waals surface area (Å²) in [6, 6.07) is 17.6. The zero-order valence-corrected chi connectivity index (χ0v) is 14.7. The smallest absolute Gasteiger partial charge is 0.253 e. The van der Waals surface area contributed by atoms with Gasteiger partial charge in [0.1, 0.15) is 5.75 Å². The summed E-state index contributed by atoms with van der Waals surface area (Å²) in [5, 5.41) is 4.04. The van der Waals surface area contributed by atoms with Crippen molar-refractivity contribution in [3.05, 3.63) is 71.4 Å². The highest BCUT2D eigenvalue weighted by atomic mass is 16.5. The van der Waals surface area contributed by atoms with Gasteiger partial charge in [-0.2, -0.15) is 0 Å². The van der Waals surface area contributed by atoms with Crippen LogP contribution in [0.3, 0.4) is 0 Å². The van der Waals surface area contributed by atoms with Crippen LogP contribution in [0.4, 0.5) is 0 Å². The van der Waals surface area contributed by atoms with E-state index in [1.54, 1.807) is 7.11 Å². The Hall–Kier alpha value is -2.88. The number of carbonyl (C=O) groups is 1. The molecule has 128 valence electrons. The van der Waals surface area contributed by atoms with Crippen molar-refractivity contribution in [2.75, 3.05) is 7.11 Å². The van der Waals surface area contributed by atoms with Gasteiger partial charge in [0.25, 0.3) is 5.91 Å². The summed E-state index contributed by atoms with van der Waals surface area (Å²) in [7, 11) is 1.65. The number of fused-ring (bicyclic) bond motifs is 1. The monoisotopic (exact) mass is 334 g/mol. The van der Waals surface area contributed by atoms with E-state index in [0.717, 1.165) is 34.3 Å². The van der Waals surface area contributed by atoms with Crippen LogP contribution in [0.5, 0.6) is 5.75 Å². The fourth-order valence-electron chi connectivity index (χ4n) is 2.95. The minimum absolute atomic E-state index is 0.00507. The number of amides is 1. The van der Waals surface area contributed by atoms with Crippen LogP contribution in [0.1, 0.15) is 28.5 Å². The summed E-state index contributed by atoms with van der Waals surface area (Å²) in [6.07, 6.45) is 0.739. The van der Waals surface area contributed by atoms with Crippen LogP contribution in [-0.4, -0.2) is 24.0 Å². The summed E-state index contributed by atoms with van der Waals surface area (Å²) < 4.78 is 5.25. The second kappa shape index (κ2) is 7.34. The molecule has 1 heterocycles. The van der Waals surface area contributed by atoms with Crippen molar-refractivity contribution in [3.8, 4) is 5.75 Å². The number of nitrogens with one attached hydrogen (secondary N) is 1. The molecule has 0 aliphatic heterocycles. The van der Waals surface area contributed by atoms with E-state index in [1.807, 2.05) is 68.4 Å². The van der Waals surface area contributed by atoms with Gasteiger partial charge in [-0.25, -0.2) is 0 Å². The summed E-state index contributed by atoms with van der Waals surface area (Å²) in [6.45, 7) is 3.87. The number of methoxy groups -OCH3 is 1. The number of rotatable bonds is 5. The molecule has 3 aromatic rings. The number of benzene rings is 2. The van der Waals surface area contributed by atoms with Gasteiger partial charge in [-0.05, 0) is 50.1 Å². The third-order valence-electron chi connectivity index (χ3n) is 4.21. The number of aromatic nitrogens is 1. The van der Waals surface area contributed by atoms with Crippen LogP contribution in [0.25, 0.3) is 10.9 Å². The first-order valence-electron chi connectivity index (χ1n) is 8.37. The first kappa shape index (κ1) is 17.0. The molecule has 0 saturated carbocycles. The van der Waals surface area contributed by atoms with Crippen molar-refractivity contribution in [3.63, 3.8) is 0 Å². The van der Waals surface area contributed by atoms with Gasteiger partial charge >= 0.3 is 0 Å². The number of nitrogens with zero attached hydrogens (tertiary/aromatic N) is 1. The SMILES string of the molecule is COc1cccc(CC(C)NC(=O)c2cc3ccccc3nc2C)c1.